The first-order valence-corrected chi connectivity index (χ1v) is 10.8. The minimum Gasteiger partial charge on any atom is -0.375 e. The molecule has 0 bridgehead atoms. The summed E-state index contributed by atoms with van der Waals surface area (Å²) in [6.07, 6.45) is 3.12. The van der Waals surface area contributed by atoms with E-state index in [0.29, 0.717) is 31.0 Å². The molecule has 0 aliphatic rings. The average Bonchev–Trinajstić information content (AvgIpc) is 2.72. The molecule has 0 spiro atoms. The Morgan fingerprint density at radius 1 is 1.00 bits per heavy atom. The van der Waals surface area contributed by atoms with Gasteiger partial charge in [0.1, 0.15) is 0 Å². The normalized spacial score (nSPS) is 11.1. The van der Waals surface area contributed by atoms with Crippen LogP contribution in [0.1, 0.15) is 53.1 Å². The van der Waals surface area contributed by atoms with E-state index in [1.54, 1.807) is 6.07 Å². The first-order chi connectivity index (χ1) is 13.9. The molecule has 0 fully saturated rings. The molecule has 29 heavy (non-hydrogen) atoms. The first-order valence-electron chi connectivity index (χ1n) is 9.35. The van der Waals surface area contributed by atoms with Crippen molar-refractivity contribution < 1.29 is 22.7 Å². The molecule has 2 N–H and O–H groups in total. The van der Waals surface area contributed by atoms with Gasteiger partial charge in [-0.15, -0.1) is 0 Å². The van der Waals surface area contributed by atoms with E-state index in [4.69, 9.17) is 4.74 Å². The summed E-state index contributed by atoms with van der Waals surface area (Å²) in [7, 11) is -4.08. The van der Waals surface area contributed by atoms with E-state index in [1.165, 1.54) is 36.5 Å². The Hall–Kier alpha value is -2.78. The van der Waals surface area contributed by atoms with Crippen LogP contribution in [0.2, 0.25) is 0 Å². The lowest BCUT2D eigenvalue weighted by molar-refractivity contribution is 0.0950. The van der Waals surface area contributed by atoms with Crippen LogP contribution >= 0.6 is 0 Å². The van der Waals surface area contributed by atoms with Crippen molar-refractivity contribution in [3.63, 3.8) is 0 Å². The molecule has 0 aliphatic carbocycles. The molecular formula is C20H25N3O5S. The Kier molecular flexibility index (Phi) is 8.29. The predicted octanol–water partition coefficient (Wildman–Crippen LogP) is 2.27. The predicted molar refractivity (Wildman–Crippen MR) is 108 cm³/mol. The van der Waals surface area contributed by atoms with Crippen molar-refractivity contribution in [2.45, 2.75) is 38.2 Å². The number of hydrogen-bond donors (Lipinski definition) is 2. The lowest BCUT2D eigenvalue weighted by Crippen LogP contribution is -2.30. The van der Waals surface area contributed by atoms with Crippen molar-refractivity contribution in [3.8, 4) is 0 Å². The smallest absolute Gasteiger partial charge is 0.266 e. The molecule has 1 aromatic heterocycles. The number of rotatable bonds is 10. The number of benzene rings is 1. The summed E-state index contributed by atoms with van der Waals surface area (Å²) < 4.78 is 32.1. The van der Waals surface area contributed by atoms with E-state index in [0.717, 1.165) is 12.8 Å². The fourth-order valence-electron chi connectivity index (χ4n) is 2.36. The van der Waals surface area contributed by atoms with Crippen molar-refractivity contribution in [1.29, 1.82) is 0 Å². The van der Waals surface area contributed by atoms with Crippen LogP contribution in [0.4, 0.5) is 0 Å². The van der Waals surface area contributed by atoms with Gasteiger partial charge in [0.25, 0.3) is 21.8 Å². The van der Waals surface area contributed by atoms with E-state index < -0.39 is 15.9 Å². The Bertz CT molecular complexity index is 926. The van der Waals surface area contributed by atoms with Crippen molar-refractivity contribution in [2.75, 3.05) is 13.2 Å². The molecule has 0 unspecified atom stereocenters. The lowest BCUT2D eigenvalue weighted by Gasteiger charge is -2.09. The van der Waals surface area contributed by atoms with Crippen LogP contribution in [0, 0.1) is 0 Å². The molecule has 0 radical (unpaired) electrons. The number of sulfonamides is 1. The third-order valence-electron chi connectivity index (χ3n) is 4.01. The van der Waals surface area contributed by atoms with Gasteiger partial charge in [0.05, 0.1) is 22.8 Å². The summed E-state index contributed by atoms with van der Waals surface area (Å²) in [5.41, 5.74) is 1.10. The van der Waals surface area contributed by atoms with Crippen molar-refractivity contribution in [1.82, 2.24) is 15.0 Å². The van der Waals surface area contributed by atoms with E-state index in [9.17, 15) is 18.0 Å². The summed E-state index contributed by atoms with van der Waals surface area (Å²) in [4.78, 5) is 28.2. The molecule has 156 valence electrons. The average molecular weight is 420 g/mol. The minimum absolute atomic E-state index is 0.112. The second-order valence-electron chi connectivity index (χ2n) is 6.24. The molecule has 0 saturated carbocycles. The Labute approximate surface area is 170 Å². The van der Waals surface area contributed by atoms with E-state index >= 15 is 0 Å². The van der Waals surface area contributed by atoms with Gasteiger partial charge in [-0.1, -0.05) is 13.3 Å². The fraction of sp³-hybridized carbons (Fsp3) is 0.350. The topological polar surface area (TPSA) is 114 Å². The molecule has 9 heteroatoms. The van der Waals surface area contributed by atoms with Crippen molar-refractivity contribution in [3.05, 3.63) is 59.4 Å². The van der Waals surface area contributed by atoms with Crippen LogP contribution in [0.15, 0.2) is 47.5 Å². The SMILES string of the molecule is CCCCNC(=O)c1ccc(S(=O)(=O)NC(=O)c2ccc(COCC)nc2)cc1. The van der Waals surface area contributed by atoms with Gasteiger partial charge in [0.15, 0.2) is 0 Å². The van der Waals surface area contributed by atoms with E-state index in [-0.39, 0.29) is 16.4 Å². The molecule has 1 aromatic carbocycles. The number of aromatic nitrogens is 1. The zero-order chi connectivity index (χ0) is 21.3. The standard InChI is InChI=1S/C20H25N3O5S/c1-3-5-12-21-19(24)15-7-10-18(11-8-15)29(26,27)23-20(25)16-6-9-17(22-13-16)14-28-4-2/h6-11,13H,3-5,12,14H2,1-2H3,(H,21,24)(H,23,25). The summed E-state index contributed by atoms with van der Waals surface area (Å²) in [5.74, 6) is -1.06. The fourth-order valence-corrected chi connectivity index (χ4v) is 3.33. The van der Waals surface area contributed by atoms with Gasteiger partial charge < -0.3 is 10.1 Å². The summed E-state index contributed by atoms with van der Waals surface area (Å²) in [6, 6.07) is 8.47. The van der Waals surface area contributed by atoms with Gasteiger partial charge in [-0.05, 0) is 49.7 Å². The molecule has 0 aliphatic heterocycles. The number of unbranched alkanes of at least 4 members (excludes halogenated alkanes) is 1. The maximum Gasteiger partial charge on any atom is 0.266 e. The maximum atomic E-state index is 12.4. The molecular weight excluding hydrogens is 394 g/mol. The molecule has 0 atom stereocenters. The van der Waals surface area contributed by atoms with Gasteiger partial charge >= 0.3 is 0 Å². The van der Waals surface area contributed by atoms with Gasteiger partial charge in [0.2, 0.25) is 0 Å². The third kappa shape index (κ3) is 6.65. The number of carbonyl (C=O) groups is 2. The lowest BCUT2D eigenvalue weighted by atomic mass is 10.2. The van der Waals surface area contributed by atoms with Crippen LogP contribution in [0.3, 0.4) is 0 Å². The highest BCUT2D eigenvalue weighted by atomic mass is 32.2. The van der Waals surface area contributed by atoms with E-state index in [2.05, 4.69) is 10.3 Å². The van der Waals surface area contributed by atoms with Gasteiger partial charge in [0, 0.05) is 24.9 Å². The first kappa shape index (κ1) is 22.5. The third-order valence-corrected chi connectivity index (χ3v) is 5.36. The van der Waals surface area contributed by atoms with Gasteiger partial charge in [-0.25, -0.2) is 13.1 Å². The van der Waals surface area contributed by atoms with Crippen molar-refractivity contribution >= 4 is 21.8 Å². The maximum absolute atomic E-state index is 12.4. The number of carbonyl (C=O) groups excluding carboxylic acids is 2. The van der Waals surface area contributed by atoms with Gasteiger partial charge in [-0.3, -0.25) is 14.6 Å². The summed E-state index contributed by atoms with van der Waals surface area (Å²) in [6.45, 7) is 5.29. The number of amides is 2. The Morgan fingerprint density at radius 2 is 1.69 bits per heavy atom. The van der Waals surface area contributed by atoms with Crippen LogP contribution in [-0.2, 0) is 21.4 Å². The number of nitrogens with zero attached hydrogens (tertiary/aromatic N) is 1. The molecule has 2 amide bonds. The van der Waals surface area contributed by atoms with Crippen LogP contribution < -0.4 is 10.0 Å². The Balaban J connectivity index is 2.02. The Morgan fingerprint density at radius 3 is 2.28 bits per heavy atom. The van der Waals surface area contributed by atoms with Crippen LogP contribution in [-0.4, -0.2) is 38.4 Å². The number of nitrogens with one attached hydrogen (secondary N) is 2. The largest absolute Gasteiger partial charge is 0.375 e. The van der Waals surface area contributed by atoms with Crippen LogP contribution in [0.5, 0.6) is 0 Å². The van der Waals surface area contributed by atoms with Crippen LogP contribution in [0.25, 0.3) is 0 Å². The van der Waals surface area contributed by atoms with Crippen molar-refractivity contribution in [2.24, 2.45) is 0 Å². The minimum atomic E-state index is -4.08. The monoisotopic (exact) mass is 419 g/mol. The molecule has 2 aromatic rings. The molecule has 1 heterocycles. The van der Waals surface area contributed by atoms with Gasteiger partial charge in [-0.2, -0.15) is 0 Å². The summed E-state index contributed by atoms with van der Waals surface area (Å²) in [5, 5.41) is 2.75. The highest BCUT2D eigenvalue weighted by Crippen LogP contribution is 2.12. The molecule has 0 saturated heterocycles. The highest BCUT2D eigenvalue weighted by Gasteiger charge is 2.19. The molecule has 8 nitrogen and oxygen atoms in total. The van der Waals surface area contributed by atoms with E-state index in [1.807, 2.05) is 18.6 Å². The quantitative estimate of drug-likeness (QED) is 0.571. The number of hydrogen-bond acceptors (Lipinski definition) is 6. The second-order valence-corrected chi connectivity index (χ2v) is 7.93. The highest BCUT2D eigenvalue weighted by molar-refractivity contribution is 7.90. The number of ether oxygens (including phenoxy) is 1. The summed E-state index contributed by atoms with van der Waals surface area (Å²) >= 11 is 0. The second kappa shape index (κ2) is 10.7. The number of pyridine rings is 1. The zero-order valence-electron chi connectivity index (χ0n) is 16.5. The molecule has 2 rings (SSSR count). The zero-order valence-corrected chi connectivity index (χ0v) is 17.3.